The van der Waals surface area contributed by atoms with Crippen LogP contribution in [0, 0.1) is 5.41 Å². The second kappa shape index (κ2) is 9.22. The maximum atomic E-state index is 8.01. The van der Waals surface area contributed by atoms with Crippen LogP contribution < -0.4 is 5.73 Å². The molecule has 3 rings (SSSR count). The van der Waals surface area contributed by atoms with Crippen LogP contribution in [0.4, 0.5) is 0 Å². The first-order valence-electron chi connectivity index (χ1n) is 9.77. The third kappa shape index (κ3) is 4.80. The van der Waals surface area contributed by atoms with Crippen LogP contribution in [-0.2, 0) is 11.8 Å². The molecule has 5 nitrogen and oxygen atoms in total. The van der Waals surface area contributed by atoms with Crippen LogP contribution in [0.25, 0.3) is 0 Å². The zero-order chi connectivity index (χ0) is 19.8. The van der Waals surface area contributed by atoms with Gasteiger partial charge in [-0.25, -0.2) is 4.98 Å². The van der Waals surface area contributed by atoms with Crippen molar-refractivity contribution in [3.63, 3.8) is 0 Å². The molecule has 3 aromatic rings. The van der Waals surface area contributed by atoms with Gasteiger partial charge in [0.1, 0.15) is 0 Å². The molecule has 1 heterocycles. The van der Waals surface area contributed by atoms with Crippen molar-refractivity contribution < 1.29 is 0 Å². The highest BCUT2D eigenvalue weighted by Crippen LogP contribution is 2.35. The predicted molar refractivity (Wildman–Crippen MR) is 114 cm³/mol. The number of aryl methyl sites for hydroxylation is 1. The van der Waals surface area contributed by atoms with E-state index in [1.165, 1.54) is 11.1 Å². The molecule has 0 amide bonds. The van der Waals surface area contributed by atoms with Crippen LogP contribution in [0.2, 0.25) is 0 Å². The first-order valence-corrected chi connectivity index (χ1v) is 9.77. The number of benzene rings is 2. The van der Waals surface area contributed by atoms with Crippen molar-refractivity contribution in [3.05, 3.63) is 90.0 Å². The number of aromatic amines is 1. The van der Waals surface area contributed by atoms with Gasteiger partial charge in [0.05, 0.1) is 6.33 Å². The number of hydrogen-bond acceptors (Lipinski definition) is 2. The van der Waals surface area contributed by atoms with Crippen molar-refractivity contribution in [3.8, 4) is 0 Å². The van der Waals surface area contributed by atoms with Gasteiger partial charge in [0, 0.05) is 30.4 Å². The lowest BCUT2D eigenvalue weighted by atomic mass is 9.73. The Hall–Kier alpha value is -3.08. The first-order chi connectivity index (χ1) is 13.6. The average Bonchev–Trinajstić information content (AvgIpc) is 3.25. The Morgan fingerprint density at radius 2 is 1.64 bits per heavy atom. The second-order valence-electron chi connectivity index (χ2n) is 7.37. The standard InChI is InChI=1S/C23H29N5/c1-23(19-9-4-2-5-10-19,20-11-6-3-7-12-20)14-16-28(22(24)25)15-8-13-21-17-26-18-27-21/h2-7,9-12,17-18H,8,13-16H2,1H3,(H3,24,25)(H,26,27). The molecule has 28 heavy (non-hydrogen) atoms. The summed E-state index contributed by atoms with van der Waals surface area (Å²) in [5.41, 5.74) is 9.43. The normalized spacial score (nSPS) is 11.3. The summed E-state index contributed by atoms with van der Waals surface area (Å²) in [6, 6.07) is 21.2. The molecule has 0 aliphatic carbocycles. The average molecular weight is 376 g/mol. The van der Waals surface area contributed by atoms with Crippen molar-refractivity contribution in [2.24, 2.45) is 5.73 Å². The topological polar surface area (TPSA) is 81.8 Å². The van der Waals surface area contributed by atoms with Gasteiger partial charge in [-0.05, 0) is 30.4 Å². The molecule has 0 atom stereocenters. The van der Waals surface area contributed by atoms with Crippen molar-refractivity contribution in [1.82, 2.24) is 14.9 Å². The van der Waals surface area contributed by atoms with Gasteiger partial charge in [0.15, 0.2) is 5.96 Å². The fourth-order valence-electron chi connectivity index (χ4n) is 3.66. The van der Waals surface area contributed by atoms with Crippen molar-refractivity contribution >= 4 is 5.96 Å². The Labute approximate surface area is 167 Å². The van der Waals surface area contributed by atoms with E-state index in [0.29, 0.717) is 0 Å². The molecule has 0 saturated heterocycles. The molecule has 0 saturated carbocycles. The zero-order valence-electron chi connectivity index (χ0n) is 16.4. The molecule has 0 aliphatic rings. The van der Waals surface area contributed by atoms with E-state index in [1.807, 2.05) is 23.2 Å². The van der Waals surface area contributed by atoms with Crippen molar-refractivity contribution in [1.29, 1.82) is 5.41 Å². The summed E-state index contributed by atoms with van der Waals surface area (Å²) in [5.74, 6) is 0.132. The lowest BCUT2D eigenvalue weighted by Crippen LogP contribution is -2.40. The first kappa shape index (κ1) is 19.7. The van der Waals surface area contributed by atoms with E-state index in [4.69, 9.17) is 11.1 Å². The van der Waals surface area contributed by atoms with E-state index in [0.717, 1.165) is 38.0 Å². The molecule has 0 bridgehead atoms. The number of nitrogens with zero attached hydrogens (tertiary/aromatic N) is 2. The lowest BCUT2D eigenvalue weighted by Gasteiger charge is -2.34. The fraction of sp³-hybridized carbons (Fsp3) is 0.304. The van der Waals surface area contributed by atoms with Crippen LogP contribution in [0.15, 0.2) is 73.2 Å². The molecule has 0 radical (unpaired) electrons. The molecular formula is C23H29N5. The van der Waals surface area contributed by atoms with Crippen LogP contribution in [0.1, 0.15) is 36.6 Å². The maximum absolute atomic E-state index is 8.01. The number of rotatable bonds is 9. The minimum atomic E-state index is -0.139. The third-order valence-electron chi connectivity index (χ3n) is 5.47. The maximum Gasteiger partial charge on any atom is 0.188 e. The van der Waals surface area contributed by atoms with E-state index in [9.17, 15) is 0 Å². The Kier molecular flexibility index (Phi) is 6.48. The van der Waals surface area contributed by atoms with E-state index in [-0.39, 0.29) is 11.4 Å². The Morgan fingerprint density at radius 3 is 2.14 bits per heavy atom. The number of H-pyrrole nitrogens is 1. The van der Waals surface area contributed by atoms with Gasteiger partial charge in [-0.15, -0.1) is 0 Å². The van der Waals surface area contributed by atoms with Gasteiger partial charge in [0.25, 0.3) is 0 Å². The predicted octanol–water partition coefficient (Wildman–Crippen LogP) is 3.93. The van der Waals surface area contributed by atoms with Gasteiger partial charge in [-0.1, -0.05) is 67.6 Å². The van der Waals surface area contributed by atoms with E-state index in [2.05, 4.69) is 65.4 Å². The highest BCUT2D eigenvalue weighted by atomic mass is 15.2. The quantitative estimate of drug-likeness (QED) is 0.391. The van der Waals surface area contributed by atoms with E-state index in [1.54, 1.807) is 6.33 Å². The summed E-state index contributed by atoms with van der Waals surface area (Å²) in [4.78, 5) is 9.15. The smallest absolute Gasteiger partial charge is 0.188 e. The zero-order valence-corrected chi connectivity index (χ0v) is 16.4. The summed E-state index contributed by atoms with van der Waals surface area (Å²) < 4.78 is 0. The second-order valence-corrected chi connectivity index (χ2v) is 7.37. The number of imidazole rings is 1. The Bertz CT molecular complexity index is 804. The fourth-order valence-corrected chi connectivity index (χ4v) is 3.66. The number of nitrogens with two attached hydrogens (primary N) is 1. The monoisotopic (exact) mass is 375 g/mol. The molecule has 1 aromatic heterocycles. The summed E-state index contributed by atoms with van der Waals surface area (Å²) in [5, 5.41) is 8.01. The van der Waals surface area contributed by atoms with E-state index >= 15 is 0 Å². The molecule has 146 valence electrons. The highest BCUT2D eigenvalue weighted by Gasteiger charge is 2.29. The number of hydrogen-bond donors (Lipinski definition) is 3. The van der Waals surface area contributed by atoms with E-state index < -0.39 is 0 Å². The molecule has 0 unspecified atom stereocenters. The lowest BCUT2D eigenvalue weighted by molar-refractivity contribution is 0.355. The molecule has 0 spiro atoms. The van der Waals surface area contributed by atoms with Crippen molar-refractivity contribution in [2.45, 2.75) is 31.6 Å². The molecule has 2 aromatic carbocycles. The summed E-state index contributed by atoms with van der Waals surface area (Å²) in [6.07, 6.45) is 6.25. The molecule has 0 fully saturated rings. The van der Waals surface area contributed by atoms with Gasteiger partial charge in [-0.2, -0.15) is 0 Å². The number of guanidine groups is 1. The molecular weight excluding hydrogens is 346 g/mol. The molecule has 4 N–H and O–H groups in total. The summed E-state index contributed by atoms with van der Waals surface area (Å²) >= 11 is 0. The SMILES string of the molecule is CC(CCN(CCCc1cnc[nH]1)C(=N)N)(c1ccccc1)c1ccccc1. The minimum absolute atomic E-state index is 0.132. The van der Waals surface area contributed by atoms with Gasteiger partial charge in [0.2, 0.25) is 0 Å². The number of aromatic nitrogens is 2. The van der Waals surface area contributed by atoms with Gasteiger partial charge < -0.3 is 15.6 Å². The largest absolute Gasteiger partial charge is 0.370 e. The third-order valence-corrected chi connectivity index (χ3v) is 5.47. The Morgan fingerprint density at radius 1 is 1.04 bits per heavy atom. The van der Waals surface area contributed by atoms with Crippen molar-refractivity contribution in [2.75, 3.05) is 13.1 Å². The van der Waals surface area contributed by atoms with Crippen LogP contribution in [0.3, 0.4) is 0 Å². The Balaban J connectivity index is 1.71. The van der Waals surface area contributed by atoms with Crippen LogP contribution in [-0.4, -0.2) is 33.9 Å². The summed E-state index contributed by atoms with van der Waals surface area (Å²) in [6.45, 7) is 3.77. The molecule has 0 aliphatic heterocycles. The number of nitrogens with one attached hydrogen (secondary N) is 2. The van der Waals surface area contributed by atoms with Crippen LogP contribution in [0.5, 0.6) is 0 Å². The molecule has 5 heteroatoms. The highest BCUT2D eigenvalue weighted by molar-refractivity contribution is 5.74. The summed E-state index contributed by atoms with van der Waals surface area (Å²) in [7, 11) is 0. The minimum Gasteiger partial charge on any atom is -0.370 e. The van der Waals surface area contributed by atoms with Gasteiger partial charge in [-0.3, -0.25) is 5.41 Å². The van der Waals surface area contributed by atoms with Gasteiger partial charge >= 0.3 is 0 Å². The van der Waals surface area contributed by atoms with Crippen LogP contribution >= 0.6 is 0 Å².